The molecule has 0 unspecified atom stereocenters. The van der Waals surface area contributed by atoms with Crippen molar-refractivity contribution in [1.82, 2.24) is 14.7 Å². The highest BCUT2D eigenvalue weighted by Gasteiger charge is 2.31. The van der Waals surface area contributed by atoms with E-state index < -0.39 is 0 Å². The predicted molar refractivity (Wildman–Crippen MR) is 141 cm³/mol. The van der Waals surface area contributed by atoms with Crippen LogP contribution in [0.15, 0.2) is 18.2 Å². The summed E-state index contributed by atoms with van der Waals surface area (Å²) in [6, 6.07) is 4.87. The third kappa shape index (κ3) is 7.90. The Kier molecular flexibility index (Phi) is 10.7. The number of nitrogens with one attached hydrogen (secondary N) is 1. The number of fused-ring (bicyclic) bond motifs is 1. The highest BCUT2D eigenvalue weighted by Crippen LogP contribution is 2.26. The van der Waals surface area contributed by atoms with Gasteiger partial charge in [-0.05, 0) is 31.5 Å². The quantitative estimate of drug-likeness (QED) is 0.616. The second-order valence-electron chi connectivity index (χ2n) is 10.0. The van der Waals surface area contributed by atoms with E-state index >= 15 is 0 Å². The Hall–Kier alpha value is -2.69. The van der Waals surface area contributed by atoms with Crippen LogP contribution in [0, 0.1) is 5.92 Å². The first kappa shape index (κ1) is 28.9. The first-order chi connectivity index (χ1) is 17.7. The van der Waals surface area contributed by atoms with E-state index in [1.807, 2.05) is 25.7 Å². The Morgan fingerprint density at radius 3 is 2.57 bits per heavy atom. The summed E-state index contributed by atoms with van der Waals surface area (Å²) in [5.41, 5.74) is 0.903. The number of hydrogen-bond acceptors (Lipinski definition) is 7. The number of hydrogen-bond donors (Lipinski definition) is 1. The van der Waals surface area contributed by atoms with Crippen molar-refractivity contribution in [2.45, 2.75) is 45.8 Å². The summed E-state index contributed by atoms with van der Waals surface area (Å²) in [5.74, 6) is 0.114. The molecule has 3 amide bonds. The average molecular weight is 519 g/mol. The number of nitrogens with zero attached hydrogens (tertiary/aromatic N) is 3. The van der Waals surface area contributed by atoms with Gasteiger partial charge >= 0.3 is 0 Å². The van der Waals surface area contributed by atoms with Gasteiger partial charge in [0.25, 0.3) is 5.91 Å². The predicted octanol–water partition coefficient (Wildman–Crippen LogP) is 2.09. The normalized spacial score (nSPS) is 23.9. The van der Waals surface area contributed by atoms with Crippen LogP contribution in [0.5, 0.6) is 5.75 Å². The molecule has 0 aliphatic carbocycles. The van der Waals surface area contributed by atoms with Gasteiger partial charge in [-0.15, -0.1) is 0 Å². The molecular formula is C27H42N4O6. The highest BCUT2D eigenvalue weighted by atomic mass is 16.5. The van der Waals surface area contributed by atoms with Crippen LogP contribution in [-0.2, 0) is 19.1 Å². The molecule has 206 valence electrons. The molecular weight excluding hydrogens is 476 g/mol. The van der Waals surface area contributed by atoms with Crippen molar-refractivity contribution in [3.05, 3.63) is 23.8 Å². The molecule has 0 aromatic heterocycles. The number of benzene rings is 1. The highest BCUT2D eigenvalue weighted by molar-refractivity contribution is 5.99. The van der Waals surface area contributed by atoms with Gasteiger partial charge in [0.15, 0.2) is 0 Å². The van der Waals surface area contributed by atoms with E-state index in [2.05, 4.69) is 10.2 Å². The van der Waals surface area contributed by atoms with Gasteiger partial charge < -0.3 is 29.3 Å². The number of methoxy groups -OCH3 is 1. The number of morpholine rings is 1. The zero-order chi connectivity index (χ0) is 26.9. The van der Waals surface area contributed by atoms with Gasteiger partial charge in [-0.25, -0.2) is 0 Å². The molecule has 0 radical (unpaired) electrons. The second kappa shape index (κ2) is 13.7. The Labute approximate surface area is 220 Å². The van der Waals surface area contributed by atoms with Crippen LogP contribution < -0.4 is 10.1 Å². The number of rotatable bonds is 6. The molecule has 2 aliphatic heterocycles. The maximum Gasteiger partial charge on any atom is 0.257 e. The third-order valence-electron chi connectivity index (χ3n) is 6.99. The van der Waals surface area contributed by atoms with Crippen LogP contribution >= 0.6 is 0 Å². The molecule has 1 N–H and O–H groups in total. The van der Waals surface area contributed by atoms with Crippen molar-refractivity contribution in [3.8, 4) is 5.75 Å². The van der Waals surface area contributed by atoms with Gasteiger partial charge in [-0.1, -0.05) is 13.8 Å². The van der Waals surface area contributed by atoms with E-state index in [1.165, 1.54) is 0 Å². The molecule has 2 aliphatic rings. The van der Waals surface area contributed by atoms with E-state index in [-0.39, 0.29) is 42.4 Å². The van der Waals surface area contributed by atoms with Gasteiger partial charge in [0.05, 0.1) is 37.5 Å². The van der Waals surface area contributed by atoms with Gasteiger partial charge in [0, 0.05) is 58.4 Å². The molecule has 1 saturated heterocycles. The minimum Gasteiger partial charge on any atom is -0.491 e. The Morgan fingerprint density at radius 2 is 1.89 bits per heavy atom. The van der Waals surface area contributed by atoms with Crippen molar-refractivity contribution in [3.63, 3.8) is 0 Å². The molecule has 0 saturated carbocycles. The average Bonchev–Trinajstić information content (AvgIpc) is 2.88. The molecule has 37 heavy (non-hydrogen) atoms. The maximum absolute atomic E-state index is 13.5. The van der Waals surface area contributed by atoms with Crippen LogP contribution in [0.2, 0.25) is 0 Å². The van der Waals surface area contributed by atoms with Crippen molar-refractivity contribution >= 4 is 23.4 Å². The molecule has 10 heteroatoms. The molecule has 3 rings (SSSR count). The van der Waals surface area contributed by atoms with Crippen LogP contribution in [-0.4, -0.2) is 111 Å². The summed E-state index contributed by atoms with van der Waals surface area (Å²) in [6.07, 6.45) is 0.869. The largest absolute Gasteiger partial charge is 0.491 e. The number of anilines is 1. The fraction of sp³-hybridized carbons (Fsp3) is 0.667. The zero-order valence-electron chi connectivity index (χ0n) is 22.8. The fourth-order valence-electron chi connectivity index (χ4n) is 4.69. The van der Waals surface area contributed by atoms with Gasteiger partial charge in [0.2, 0.25) is 11.8 Å². The molecule has 1 aromatic rings. The van der Waals surface area contributed by atoms with Gasteiger partial charge in [0.1, 0.15) is 12.4 Å². The van der Waals surface area contributed by atoms with E-state index in [9.17, 15) is 14.4 Å². The minimum absolute atomic E-state index is 0.0186. The standard InChI is InChI=1S/C27H42N4O6/c1-6-7-25(32)28-21-8-9-23-22(14-21)27(34)29(4)16-24(35-5)19(2)15-31(20(3)18-37-23)26(33)17-30-10-12-36-13-11-30/h8-9,14,19-20,24H,6-7,10-13,15-18H2,1-5H3,(H,28,32)/t19-,20-,24-/m1/s1. The number of carbonyl (C=O) groups is 3. The van der Waals surface area contributed by atoms with Crippen molar-refractivity contribution in [1.29, 1.82) is 0 Å². The summed E-state index contributed by atoms with van der Waals surface area (Å²) in [4.78, 5) is 44.6. The molecule has 10 nitrogen and oxygen atoms in total. The number of amides is 3. The lowest BCUT2D eigenvalue weighted by Gasteiger charge is -2.37. The van der Waals surface area contributed by atoms with Crippen molar-refractivity contribution in [2.75, 3.05) is 72.0 Å². The fourth-order valence-corrected chi connectivity index (χ4v) is 4.69. The van der Waals surface area contributed by atoms with Crippen LogP contribution in [0.1, 0.15) is 44.0 Å². The first-order valence-electron chi connectivity index (χ1n) is 13.2. The smallest absolute Gasteiger partial charge is 0.257 e. The number of ether oxygens (including phenoxy) is 3. The number of carbonyl (C=O) groups excluding carboxylic acids is 3. The Bertz CT molecular complexity index is 935. The van der Waals surface area contributed by atoms with Crippen molar-refractivity contribution < 1.29 is 28.6 Å². The van der Waals surface area contributed by atoms with Crippen LogP contribution in [0.25, 0.3) is 0 Å². The van der Waals surface area contributed by atoms with Crippen molar-refractivity contribution in [2.24, 2.45) is 5.92 Å². The summed E-state index contributed by atoms with van der Waals surface area (Å²) in [7, 11) is 3.36. The second-order valence-corrected chi connectivity index (χ2v) is 10.0. The summed E-state index contributed by atoms with van der Waals surface area (Å²) < 4.78 is 17.3. The lowest BCUT2D eigenvalue weighted by molar-refractivity contribution is -0.137. The third-order valence-corrected chi connectivity index (χ3v) is 6.99. The van der Waals surface area contributed by atoms with Gasteiger partial charge in [-0.3, -0.25) is 19.3 Å². The molecule has 2 heterocycles. The van der Waals surface area contributed by atoms with E-state index in [4.69, 9.17) is 14.2 Å². The van der Waals surface area contributed by atoms with Crippen LogP contribution in [0.3, 0.4) is 0 Å². The van der Waals surface area contributed by atoms with Gasteiger partial charge in [-0.2, -0.15) is 0 Å². The summed E-state index contributed by atoms with van der Waals surface area (Å²) in [5, 5.41) is 2.85. The first-order valence-corrected chi connectivity index (χ1v) is 13.2. The lowest BCUT2D eigenvalue weighted by atomic mass is 10.0. The zero-order valence-corrected chi connectivity index (χ0v) is 22.8. The molecule has 0 bridgehead atoms. The SMILES string of the molecule is CCCC(=O)Nc1ccc2c(c1)C(=O)N(C)C[C@@H](OC)[C@H](C)CN(C(=O)CN1CCOCC1)[C@H](C)CO2. The Morgan fingerprint density at radius 1 is 1.16 bits per heavy atom. The summed E-state index contributed by atoms with van der Waals surface area (Å²) in [6.45, 7) is 10.1. The van der Waals surface area contributed by atoms with E-state index in [0.29, 0.717) is 56.3 Å². The topological polar surface area (TPSA) is 101 Å². The molecule has 1 fully saturated rings. The number of likely N-dealkylation sites (N-methyl/N-ethyl adjacent to an activating group) is 1. The monoisotopic (exact) mass is 518 g/mol. The Balaban J connectivity index is 1.88. The maximum atomic E-state index is 13.5. The van der Waals surface area contributed by atoms with E-state index in [0.717, 1.165) is 19.5 Å². The van der Waals surface area contributed by atoms with Crippen LogP contribution in [0.4, 0.5) is 5.69 Å². The molecule has 3 atom stereocenters. The molecule has 1 aromatic carbocycles. The minimum atomic E-state index is -0.268. The lowest BCUT2D eigenvalue weighted by Crippen LogP contribution is -2.52. The molecule has 0 spiro atoms. The van der Waals surface area contributed by atoms with E-state index in [1.54, 1.807) is 37.3 Å². The summed E-state index contributed by atoms with van der Waals surface area (Å²) >= 11 is 0.